The number of anilines is 1. The Hall–Kier alpha value is -1.09. The molecule has 0 aliphatic carbocycles. The predicted molar refractivity (Wildman–Crippen MR) is 83.5 cm³/mol. The highest BCUT2D eigenvalue weighted by molar-refractivity contribution is 9.10. The first-order valence-corrected chi connectivity index (χ1v) is 8.74. The summed E-state index contributed by atoms with van der Waals surface area (Å²) in [5.74, 6) is 0.449. The van der Waals surface area contributed by atoms with Crippen molar-refractivity contribution in [3.05, 3.63) is 39.0 Å². The van der Waals surface area contributed by atoms with Crippen molar-refractivity contribution in [1.29, 1.82) is 0 Å². The van der Waals surface area contributed by atoms with Crippen LogP contribution in [0.1, 0.15) is 4.88 Å². The van der Waals surface area contributed by atoms with Gasteiger partial charge in [0.2, 0.25) is 10.0 Å². The SMILES string of the molecule is COc1ccc(S(=O)(=O)NCc2sccc2Br)cc1N. The van der Waals surface area contributed by atoms with Gasteiger partial charge in [0.15, 0.2) is 0 Å². The van der Waals surface area contributed by atoms with Gasteiger partial charge in [0.25, 0.3) is 0 Å². The standard InChI is InChI=1S/C12H13BrN2O3S2/c1-18-11-3-2-8(6-10(11)14)20(16,17)15-7-12-9(13)4-5-19-12/h2-6,15H,7,14H2,1H3. The number of ether oxygens (including phenoxy) is 1. The Labute approximate surface area is 129 Å². The van der Waals surface area contributed by atoms with Gasteiger partial charge in [-0.3, -0.25) is 0 Å². The highest BCUT2D eigenvalue weighted by Gasteiger charge is 2.16. The number of thiophene rings is 1. The second-order valence-corrected chi connectivity index (χ2v) is 7.54. The van der Waals surface area contributed by atoms with E-state index < -0.39 is 10.0 Å². The van der Waals surface area contributed by atoms with Crippen LogP contribution in [0.5, 0.6) is 5.75 Å². The third-order valence-electron chi connectivity index (χ3n) is 2.63. The van der Waals surface area contributed by atoms with Crippen molar-refractivity contribution >= 4 is 43.0 Å². The van der Waals surface area contributed by atoms with E-state index in [9.17, 15) is 8.42 Å². The van der Waals surface area contributed by atoms with Crippen molar-refractivity contribution in [3.63, 3.8) is 0 Å². The molecule has 0 amide bonds. The van der Waals surface area contributed by atoms with Gasteiger partial charge in [0.05, 0.1) is 17.7 Å². The Kier molecular flexibility index (Phi) is 4.69. The number of benzene rings is 1. The van der Waals surface area contributed by atoms with Gasteiger partial charge in [0, 0.05) is 15.9 Å². The smallest absolute Gasteiger partial charge is 0.240 e. The number of nitrogen functional groups attached to an aromatic ring is 1. The predicted octanol–water partition coefficient (Wildman–Crippen LogP) is 2.58. The number of nitrogens with two attached hydrogens (primary N) is 1. The van der Waals surface area contributed by atoms with E-state index in [1.54, 1.807) is 0 Å². The Morgan fingerprint density at radius 1 is 1.40 bits per heavy atom. The fourth-order valence-electron chi connectivity index (χ4n) is 1.57. The largest absolute Gasteiger partial charge is 0.495 e. The average Bonchev–Trinajstić information content (AvgIpc) is 2.82. The van der Waals surface area contributed by atoms with Crippen LogP contribution in [0.2, 0.25) is 0 Å². The molecule has 5 nitrogen and oxygen atoms in total. The normalized spacial score (nSPS) is 11.5. The van der Waals surface area contributed by atoms with Crippen LogP contribution in [0.4, 0.5) is 5.69 Å². The fraction of sp³-hybridized carbons (Fsp3) is 0.167. The second-order valence-electron chi connectivity index (χ2n) is 3.92. The minimum Gasteiger partial charge on any atom is -0.495 e. The molecule has 8 heteroatoms. The molecule has 0 fully saturated rings. The van der Waals surface area contributed by atoms with Crippen LogP contribution in [-0.4, -0.2) is 15.5 Å². The van der Waals surface area contributed by atoms with E-state index in [0.29, 0.717) is 5.75 Å². The van der Waals surface area contributed by atoms with Crippen molar-refractivity contribution in [3.8, 4) is 5.75 Å². The van der Waals surface area contributed by atoms with Crippen LogP contribution in [0, 0.1) is 0 Å². The van der Waals surface area contributed by atoms with E-state index in [4.69, 9.17) is 10.5 Å². The molecule has 0 radical (unpaired) electrons. The minimum atomic E-state index is -3.60. The molecule has 1 aromatic heterocycles. The van der Waals surface area contributed by atoms with Crippen LogP contribution < -0.4 is 15.2 Å². The lowest BCUT2D eigenvalue weighted by molar-refractivity contribution is 0.416. The van der Waals surface area contributed by atoms with Crippen molar-refractivity contribution in [1.82, 2.24) is 4.72 Å². The summed E-state index contributed by atoms with van der Waals surface area (Å²) in [6.07, 6.45) is 0. The maximum atomic E-state index is 12.2. The third-order valence-corrected chi connectivity index (χ3v) is 5.95. The number of halogens is 1. The van der Waals surface area contributed by atoms with Gasteiger partial charge in [-0.2, -0.15) is 0 Å². The highest BCUT2D eigenvalue weighted by atomic mass is 79.9. The molecule has 0 bridgehead atoms. The maximum Gasteiger partial charge on any atom is 0.240 e. The van der Waals surface area contributed by atoms with Gasteiger partial charge in [-0.1, -0.05) is 0 Å². The Balaban J connectivity index is 2.18. The second kappa shape index (κ2) is 6.13. The van der Waals surface area contributed by atoms with Gasteiger partial charge in [0.1, 0.15) is 5.75 Å². The van der Waals surface area contributed by atoms with Crippen molar-refractivity contribution < 1.29 is 13.2 Å². The van der Waals surface area contributed by atoms with Crippen molar-refractivity contribution in [2.24, 2.45) is 0 Å². The number of hydrogen-bond acceptors (Lipinski definition) is 5. The van der Waals surface area contributed by atoms with E-state index >= 15 is 0 Å². The fourth-order valence-corrected chi connectivity index (χ4v) is 4.13. The number of hydrogen-bond donors (Lipinski definition) is 2. The zero-order chi connectivity index (χ0) is 14.8. The van der Waals surface area contributed by atoms with Crippen LogP contribution in [0.3, 0.4) is 0 Å². The molecular formula is C12H13BrN2O3S2. The Morgan fingerprint density at radius 3 is 2.70 bits per heavy atom. The van der Waals surface area contributed by atoms with Crippen molar-refractivity contribution in [2.75, 3.05) is 12.8 Å². The van der Waals surface area contributed by atoms with E-state index in [1.165, 1.54) is 36.6 Å². The topological polar surface area (TPSA) is 81.4 Å². The molecule has 20 heavy (non-hydrogen) atoms. The van der Waals surface area contributed by atoms with E-state index in [0.717, 1.165) is 9.35 Å². The molecule has 3 N–H and O–H groups in total. The van der Waals surface area contributed by atoms with Gasteiger partial charge >= 0.3 is 0 Å². The molecule has 0 saturated heterocycles. The summed E-state index contributed by atoms with van der Waals surface area (Å²) in [5.41, 5.74) is 6.01. The minimum absolute atomic E-state index is 0.114. The molecule has 0 aliphatic rings. The summed E-state index contributed by atoms with van der Waals surface area (Å²) in [5, 5.41) is 1.89. The summed E-state index contributed by atoms with van der Waals surface area (Å²) in [6, 6.07) is 6.25. The lowest BCUT2D eigenvalue weighted by Crippen LogP contribution is -2.23. The summed E-state index contributed by atoms with van der Waals surface area (Å²) < 4.78 is 32.8. The lowest BCUT2D eigenvalue weighted by atomic mass is 10.3. The molecule has 0 spiro atoms. The summed E-state index contributed by atoms with van der Waals surface area (Å²) in [7, 11) is -2.12. The van der Waals surface area contributed by atoms with Crippen LogP contribution in [0.25, 0.3) is 0 Å². The van der Waals surface area contributed by atoms with E-state index in [2.05, 4.69) is 20.7 Å². The first-order valence-electron chi connectivity index (χ1n) is 5.59. The first-order chi connectivity index (χ1) is 9.44. The third kappa shape index (κ3) is 3.32. The molecule has 2 rings (SSSR count). The van der Waals surface area contributed by atoms with E-state index in [-0.39, 0.29) is 17.1 Å². The summed E-state index contributed by atoms with van der Waals surface area (Å²) in [4.78, 5) is 1.03. The lowest BCUT2D eigenvalue weighted by Gasteiger charge is -2.09. The average molecular weight is 377 g/mol. The first kappa shape index (κ1) is 15.3. The van der Waals surface area contributed by atoms with Gasteiger partial charge < -0.3 is 10.5 Å². The molecule has 1 aromatic carbocycles. The van der Waals surface area contributed by atoms with Gasteiger partial charge in [-0.15, -0.1) is 11.3 Å². The maximum absolute atomic E-state index is 12.2. The van der Waals surface area contributed by atoms with Gasteiger partial charge in [-0.25, -0.2) is 13.1 Å². The van der Waals surface area contributed by atoms with Crippen LogP contribution >= 0.6 is 27.3 Å². The number of sulfonamides is 1. The Morgan fingerprint density at radius 2 is 2.15 bits per heavy atom. The zero-order valence-electron chi connectivity index (χ0n) is 10.6. The molecule has 0 aliphatic heterocycles. The quantitative estimate of drug-likeness (QED) is 0.785. The molecular weight excluding hydrogens is 364 g/mol. The molecule has 2 aromatic rings. The number of rotatable bonds is 5. The number of nitrogens with one attached hydrogen (secondary N) is 1. The summed E-state index contributed by atoms with van der Waals surface area (Å²) in [6.45, 7) is 0.229. The van der Waals surface area contributed by atoms with Gasteiger partial charge in [-0.05, 0) is 45.6 Å². The number of methoxy groups -OCH3 is 1. The van der Waals surface area contributed by atoms with E-state index in [1.807, 2.05) is 11.4 Å². The van der Waals surface area contributed by atoms with Crippen molar-refractivity contribution in [2.45, 2.75) is 11.4 Å². The summed E-state index contributed by atoms with van der Waals surface area (Å²) >= 11 is 4.84. The highest BCUT2D eigenvalue weighted by Crippen LogP contribution is 2.25. The molecule has 0 atom stereocenters. The molecule has 0 saturated carbocycles. The molecule has 0 unspecified atom stereocenters. The van der Waals surface area contributed by atoms with Crippen LogP contribution in [-0.2, 0) is 16.6 Å². The zero-order valence-corrected chi connectivity index (χ0v) is 13.8. The van der Waals surface area contributed by atoms with Crippen LogP contribution in [0.15, 0.2) is 39.0 Å². The molecule has 1 heterocycles. The molecule has 108 valence electrons. The monoisotopic (exact) mass is 376 g/mol. The Bertz CT molecular complexity index is 713.